The van der Waals surface area contributed by atoms with Crippen molar-refractivity contribution in [2.24, 2.45) is 23.2 Å². The molecule has 0 unspecified atom stereocenters. The number of carbonyl (C=O) groups excluding carboxylic acids is 2. The van der Waals surface area contributed by atoms with Crippen molar-refractivity contribution in [3.8, 4) is 11.3 Å². The lowest BCUT2D eigenvalue weighted by Gasteiger charge is -2.55. The summed E-state index contributed by atoms with van der Waals surface area (Å²) in [7, 11) is 0. The van der Waals surface area contributed by atoms with E-state index in [0.29, 0.717) is 35.8 Å². The number of hydrazine groups is 1. The van der Waals surface area contributed by atoms with E-state index in [-0.39, 0.29) is 23.7 Å². The smallest absolute Gasteiger partial charge is 0.244 e. The third-order valence-corrected chi connectivity index (χ3v) is 7.01. The van der Waals surface area contributed by atoms with E-state index in [0.717, 1.165) is 24.8 Å². The van der Waals surface area contributed by atoms with Crippen molar-refractivity contribution >= 4 is 11.8 Å². The topological polar surface area (TPSA) is 84.2 Å². The van der Waals surface area contributed by atoms with E-state index >= 15 is 0 Å². The molecule has 0 saturated heterocycles. The van der Waals surface area contributed by atoms with Crippen LogP contribution in [0.3, 0.4) is 0 Å². The minimum absolute atomic E-state index is 0.00689. The second-order valence-corrected chi connectivity index (χ2v) is 9.18. The van der Waals surface area contributed by atoms with Crippen molar-refractivity contribution in [2.45, 2.75) is 51.4 Å². The second kappa shape index (κ2) is 7.32. The highest BCUT2D eigenvalue weighted by Gasteiger charge is 2.54. The van der Waals surface area contributed by atoms with E-state index in [9.17, 15) is 9.59 Å². The summed E-state index contributed by atoms with van der Waals surface area (Å²) in [6, 6.07) is 9.74. The molecule has 2 amide bonds. The molecule has 4 saturated carbocycles. The summed E-state index contributed by atoms with van der Waals surface area (Å²) in [5.74, 6) is 3.10. The largest absolute Gasteiger partial charge is 0.441 e. The van der Waals surface area contributed by atoms with Gasteiger partial charge in [-0.1, -0.05) is 30.3 Å². The zero-order chi connectivity index (χ0) is 19.8. The molecule has 4 aliphatic rings. The average Bonchev–Trinajstić information content (AvgIpc) is 3.19. The van der Waals surface area contributed by atoms with Gasteiger partial charge in [-0.3, -0.25) is 20.4 Å². The molecule has 4 aliphatic carbocycles. The Morgan fingerprint density at radius 2 is 1.66 bits per heavy atom. The number of nitrogens with zero attached hydrogens (tertiary/aromatic N) is 1. The maximum Gasteiger partial charge on any atom is 0.244 e. The third kappa shape index (κ3) is 3.68. The van der Waals surface area contributed by atoms with Crippen molar-refractivity contribution in [3.05, 3.63) is 42.4 Å². The molecule has 4 fully saturated rings. The summed E-state index contributed by atoms with van der Waals surface area (Å²) in [6.45, 7) is 0. The van der Waals surface area contributed by atoms with Crippen LogP contribution in [-0.4, -0.2) is 16.8 Å². The Bertz CT molecular complexity index is 870. The van der Waals surface area contributed by atoms with Gasteiger partial charge >= 0.3 is 0 Å². The maximum absolute atomic E-state index is 12.9. The number of amides is 2. The molecular formula is C23H27N3O3. The summed E-state index contributed by atoms with van der Waals surface area (Å²) < 4.78 is 5.73. The SMILES string of the molecule is O=C(CCc1ncc(-c2ccccc2)o1)NNC(=O)C12CC3CC(CC(C3)C1)C2. The van der Waals surface area contributed by atoms with Crippen molar-refractivity contribution in [1.29, 1.82) is 0 Å². The van der Waals surface area contributed by atoms with Gasteiger partial charge in [-0.15, -0.1) is 0 Å². The van der Waals surface area contributed by atoms with Crippen LogP contribution in [0, 0.1) is 23.2 Å². The fraction of sp³-hybridized carbons (Fsp3) is 0.522. The van der Waals surface area contributed by atoms with Gasteiger partial charge in [0.25, 0.3) is 0 Å². The first-order valence-electron chi connectivity index (χ1n) is 10.7. The number of hydrogen-bond acceptors (Lipinski definition) is 4. The summed E-state index contributed by atoms with van der Waals surface area (Å²) >= 11 is 0. The predicted molar refractivity (Wildman–Crippen MR) is 107 cm³/mol. The number of carbonyl (C=O) groups is 2. The summed E-state index contributed by atoms with van der Waals surface area (Å²) in [5.41, 5.74) is 6.03. The Hall–Kier alpha value is -2.63. The average molecular weight is 393 g/mol. The van der Waals surface area contributed by atoms with Crippen molar-refractivity contribution in [1.82, 2.24) is 15.8 Å². The predicted octanol–water partition coefficient (Wildman–Crippen LogP) is 3.64. The monoisotopic (exact) mass is 393 g/mol. The van der Waals surface area contributed by atoms with E-state index in [1.807, 2.05) is 30.3 Å². The Morgan fingerprint density at radius 1 is 1.00 bits per heavy atom. The second-order valence-electron chi connectivity index (χ2n) is 9.18. The van der Waals surface area contributed by atoms with Gasteiger partial charge in [-0.25, -0.2) is 4.98 Å². The van der Waals surface area contributed by atoms with Gasteiger partial charge in [0.1, 0.15) is 0 Å². The Kier molecular flexibility index (Phi) is 4.64. The van der Waals surface area contributed by atoms with Gasteiger partial charge in [0.2, 0.25) is 11.8 Å². The van der Waals surface area contributed by atoms with Gasteiger partial charge in [0.05, 0.1) is 11.6 Å². The van der Waals surface area contributed by atoms with Crippen LogP contribution in [0.2, 0.25) is 0 Å². The molecule has 0 aliphatic heterocycles. The van der Waals surface area contributed by atoms with Crippen LogP contribution in [0.4, 0.5) is 0 Å². The third-order valence-electron chi connectivity index (χ3n) is 7.01. The molecule has 1 aromatic heterocycles. The fourth-order valence-electron chi connectivity index (χ4n) is 6.09. The van der Waals surface area contributed by atoms with Crippen LogP contribution in [0.25, 0.3) is 11.3 Å². The first-order valence-corrected chi connectivity index (χ1v) is 10.7. The molecule has 4 bridgehead atoms. The normalized spacial score (nSPS) is 29.6. The maximum atomic E-state index is 12.9. The summed E-state index contributed by atoms with van der Waals surface area (Å²) in [4.78, 5) is 29.4. The van der Waals surface area contributed by atoms with E-state index in [1.54, 1.807) is 6.20 Å². The molecule has 2 aromatic rings. The van der Waals surface area contributed by atoms with Crippen molar-refractivity contribution in [3.63, 3.8) is 0 Å². The Morgan fingerprint density at radius 3 is 2.31 bits per heavy atom. The molecule has 152 valence electrons. The highest BCUT2D eigenvalue weighted by molar-refractivity contribution is 5.86. The van der Waals surface area contributed by atoms with Crippen molar-refractivity contribution in [2.75, 3.05) is 0 Å². The van der Waals surface area contributed by atoms with Gasteiger partial charge in [0, 0.05) is 18.4 Å². The Balaban J connectivity index is 1.11. The highest BCUT2D eigenvalue weighted by Crippen LogP contribution is 2.60. The van der Waals surface area contributed by atoms with Crippen LogP contribution < -0.4 is 10.9 Å². The molecule has 6 heteroatoms. The standard InChI is InChI=1S/C23H27N3O3/c27-20(6-7-21-24-14-19(29-21)18-4-2-1-3-5-18)25-26-22(28)23-11-15-8-16(12-23)10-17(9-15)13-23/h1-5,14-17H,6-13H2,(H,25,27)(H,26,28). The molecule has 1 heterocycles. The van der Waals surface area contributed by atoms with E-state index < -0.39 is 0 Å². The van der Waals surface area contributed by atoms with Crippen LogP contribution >= 0.6 is 0 Å². The molecule has 0 radical (unpaired) electrons. The van der Waals surface area contributed by atoms with Gasteiger partial charge in [-0.05, 0) is 56.3 Å². The van der Waals surface area contributed by atoms with E-state index in [4.69, 9.17) is 4.42 Å². The zero-order valence-electron chi connectivity index (χ0n) is 16.5. The lowest BCUT2D eigenvalue weighted by molar-refractivity contribution is -0.148. The van der Waals surface area contributed by atoms with Crippen LogP contribution in [0.5, 0.6) is 0 Å². The minimum atomic E-state index is -0.255. The minimum Gasteiger partial charge on any atom is -0.441 e. The summed E-state index contributed by atoms with van der Waals surface area (Å²) in [6.07, 6.45) is 9.12. The number of rotatable bonds is 5. The number of aromatic nitrogens is 1. The van der Waals surface area contributed by atoms with E-state index in [2.05, 4.69) is 15.8 Å². The summed E-state index contributed by atoms with van der Waals surface area (Å²) in [5, 5.41) is 0. The van der Waals surface area contributed by atoms with Gasteiger partial charge in [0.15, 0.2) is 11.7 Å². The lowest BCUT2D eigenvalue weighted by Crippen LogP contribution is -2.56. The molecule has 6 rings (SSSR count). The van der Waals surface area contributed by atoms with Gasteiger partial charge in [-0.2, -0.15) is 0 Å². The Labute approximate surface area is 170 Å². The molecule has 29 heavy (non-hydrogen) atoms. The molecule has 1 aromatic carbocycles. The van der Waals surface area contributed by atoms with Crippen LogP contribution in [0.1, 0.15) is 50.8 Å². The van der Waals surface area contributed by atoms with Crippen molar-refractivity contribution < 1.29 is 14.0 Å². The quantitative estimate of drug-likeness (QED) is 0.760. The number of aryl methyl sites for hydroxylation is 1. The van der Waals surface area contributed by atoms with Crippen LogP contribution in [0.15, 0.2) is 40.9 Å². The molecular weight excluding hydrogens is 366 g/mol. The zero-order valence-corrected chi connectivity index (χ0v) is 16.5. The lowest BCUT2D eigenvalue weighted by atomic mass is 9.49. The molecule has 2 N–H and O–H groups in total. The number of benzene rings is 1. The fourth-order valence-corrected chi connectivity index (χ4v) is 6.09. The first kappa shape index (κ1) is 18.4. The number of oxazole rings is 1. The van der Waals surface area contributed by atoms with E-state index in [1.165, 1.54) is 19.3 Å². The molecule has 0 atom stereocenters. The van der Waals surface area contributed by atoms with Crippen LogP contribution in [-0.2, 0) is 16.0 Å². The molecule has 6 nitrogen and oxygen atoms in total. The first-order chi connectivity index (χ1) is 14.1. The number of nitrogens with one attached hydrogen (secondary N) is 2. The number of hydrogen-bond donors (Lipinski definition) is 2. The van der Waals surface area contributed by atoms with Gasteiger partial charge < -0.3 is 4.42 Å². The highest BCUT2D eigenvalue weighted by atomic mass is 16.4. The molecule has 0 spiro atoms.